The molecule has 9 nitrogen and oxygen atoms in total. The first-order valence-electron chi connectivity index (χ1n) is 10.4. The molecule has 170 valence electrons. The zero-order chi connectivity index (χ0) is 22.8. The summed E-state index contributed by atoms with van der Waals surface area (Å²) in [6, 6.07) is 8.45. The maximum atomic E-state index is 12.6. The lowest BCUT2D eigenvalue weighted by Gasteiger charge is -2.27. The maximum absolute atomic E-state index is 12.6. The van der Waals surface area contributed by atoms with E-state index in [4.69, 9.17) is 25.8 Å². The van der Waals surface area contributed by atoms with E-state index in [1.165, 1.54) is 12.4 Å². The van der Waals surface area contributed by atoms with Crippen LogP contribution in [-0.4, -0.2) is 65.3 Å². The minimum Gasteiger partial charge on any atom is -0.372 e. The van der Waals surface area contributed by atoms with E-state index in [1.54, 1.807) is 30.3 Å². The number of rotatable bonds is 7. The average Bonchev–Trinajstić information content (AvgIpc) is 3.23. The lowest BCUT2D eigenvalue weighted by molar-refractivity contribution is -0.189. The molecule has 0 saturated carbocycles. The highest BCUT2D eigenvalue weighted by Crippen LogP contribution is 2.43. The fraction of sp³-hybridized carbons (Fsp3) is 0.455. The van der Waals surface area contributed by atoms with Crippen LogP contribution < -0.4 is 10.6 Å². The van der Waals surface area contributed by atoms with Crippen molar-refractivity contribution in [2.75, 3.05) is 19.7 Å². The first kappa shape index (κ1) is 22.6. The summed E-state index contributed by atoms with van der Waals surface area (Å²) < 4.78 is 18.3. The number of carbonyl (C=O) groups excluding carboxylic acids is 2. The third-order valence-electron chi connectivity index (χ3n) is 5.49. The highest BCUT2D eigenvalue weighted by Gasteiger charge is 2.60. The molecule has 3 atom stereocenters. The summed E-state index contributed by atoms with van der Waals surface area (Å²) in [6.45, 7) is 4.51. The Morgan fingerprint density at radius 3 is 2.72 bits per heavy atom. The predicted octanol–water partition coefficient (Wildman–Crippen LogP) is 1.97. The van der Waals surface area contributed by atoms with Gasteiger partial charge in [0.25, 0.3) is 11.8 Å². The molecule has 2 aliphatic heterocycles. The van der Waals surface area contributed by atoms with Gasteiger partial charge in [-0.3, -0.25) is 9.59 Å². The molecule has 2 fully saturated rings. The molecule has 0 aliphatic carbocycles. The van der Waals surface area contributed by atoms with Crippen molar-refractivity contribution < 1.29 is 23.8 Å². The summed E-state index contributed by atoms with van der Waals surface area (Å²) in [7, 11) is 0. The fourth-order valence-electron chi connectivity index (χ4n) is 4.09. The van der Waals surface area contributed by atoms with Gasteiger partial charge in [0.1, 0.15) is 11.7 Å². The topological polar surface area (TPSA) is 112 Å². The van der Waals surface area contributed by atoms with E-state index in [9.17, 15) is 9.59 Å². The lowest BCUT2D eigenvalue weighted by Crippen LogP contribution is -2.51. The van der Waals surface area contributed by atoms with E-state index in [0.29, 0.717) is 29.1 Å². The SMILES string of the molecule is CC1(C)O[C@@H]2[C@@H](CCNC(=O)c3ccnnc3)OC[C@]2(CNC(=O)c2ccccc2Cl)O1. The molecule has 1 aromatic carbocycles. The van der Waals surface area contributed by atoms with Crippen LogP contribution in [0, 0.1) is 0 Å². The predicted molar refractivity (Wildman–Crippen MR) is 115 cm³/mol. The van der Waals surface area contributed by atoms with Crippen LogP contribution in [0.15, 0.2) is 42.7 Å². The van der Waals surface area contributed by atoms with Crippen LogP contribution >= 0.6 is 11.6 Å². The molecule has 2 aromatic rings. The quantitative estimate of drug-likeness (QED) is 0.649. The number of halogens is 1. The van der Waals surface area contributed by atoms with Crippen LogP contribution in [0.5, 0.6) is 0 Å². The van der Waals surface area contributed by atoms with Gasteiger partial charge in [-0.15, -0.1) is 0 Å². The van der Waals surface area contributed by atoms with E-state index in [1.807, 2.05) is 13.8 Å². The van der Waals surface area contributed by atoms with Crippen molar-refractivity contribution in [2.45, 2.75) is 43.9 Å². The Labute approximate surface area is 190 Å². The van der Waals surface area contributed by atoms with E-state index in [0.717, 1.165) is 0 Å². The molecule has 2 amide bonds. The monoisotopic (exact) mass is 460 g/mol. The van der Waals surface area contributed by atoms with Crippen LogP contribution in [0.25, 0.3) is 0 Å². The number of fused-ring (bicyclic) bond motifs is 1. The standard InChI is InChI=1S/C22H25ClN4O5/c1-21(2)31-18-17(8-9-24-19(28)14-7-10-26-27-11-14)30-13-22(18,32-21)12-25-20(29)15-5-3-4-6-16(15)23/h3-7,10-11,17-18H,8-9,12-13H2,1-2H3,(H,24,28)(H,25,29)/t17-,18-,22+/m1/s1. The van der Waals surface area contributed by atoms with E-state index in [2.05, 4.69) is 20.8 Å². The zero-order valence-corrected chi connectivity index (χ0v) is 18.6. The Balaban J connectivity index is 1.37. The number of benzene rings is 1. The van der Waals surface area contributed by atoms with Gasteiger partial charge in [-0.1, -0.05) is 23.7 Å². The maximum Gasteiger partial charge on any atom is 0.252 e. The van der Waals surface area contributed by atoms with E-state index < -0.39 is 17.5 Å². The highest BCUT2D eigenvalue weighted by molar-refractivity contribution is 6.33. The first-order chi connectivity index (χ1) is 15.3. The molecule has 2 N–H and O–H groups in total. The highest BCUT2D eigenvalue weighted by atomic mass is 35.5. The first-order valence-corrected chi connectivity index (χ1v) is 10.7. The van der Waals surface area contributed by atoms with Gasteiger partial charge in [-0.2, -0.15) is 10.2 Å². The van der Waals surface area contributed by atoms with Crippen LogP contribution in [0.1, 0.15) is 41.0 Å². The van der Waals surface area contributed by atoms with Gasteiger partial charge < -0.3 is 24.8 Å². The Kier molecular flexibility index (Phi) is 6.43. The van der Waals surface area contributed by atoms with Crippen LogP contribution in [0.2, 0.25) is 5.02 Å². The number of nitrogens with one attached hydrogen (secondary N) is 2. The summed E-state index contributed by atoms with van der Waals surface area (Å²) in [5.74, 6) is -1.35. The van der Waals surface area contributed by atoms with Gasteiger partial charge in [0.05, 0.1) is 47.8 Å². The van der Waals surface area contributed by atoms with E-state index >= 15 is 0 Å². The molecule has 10 heteroatoms. The van der Waals surface area contributed by atoms with Gasteiger partial charge in [-0.25, -0.2) is 0 Å². The summed E-state index contributed by atoms with van der Waals surface area (Å²) in [5.41, 5.74) is -0.000896. The number of amides is 2. The number of carbonyl (C=O) groups is 2. The van der Waals surface area contributed by atoms with E-state index in [-0.39, 0.29) is 31.1 Å². The molecular weight excluding hydrogens is 436 g/mol. The second-order valence-electron chi connectivity index (χ2n) is 8.29. The van der Waals surface area contributed by atoms with Crippen LogP contribution in [-0.2, 0) is 14.2 Å². The minimum absolute atomic E-state index is 0.205. The summed E-state index contributed by atoms with van der Waals surface area (Å²) >= 11 is 6.14. The minimum atomic E-state index is -0.829. The molecule has 0 unspecified atom stereocenters. The molecule has 4 rings (SSSR count). The Bertz CT molecular complexity index is 989. The summed E-state index contributed by atoms with van der Waals surface area (Å²) in [6.07, 6.45) is 2.69. The molecule has 2 aliphatic rings. The van der Waals surface area contributed by atoms with Crippen molar-refractivity contribution in [3.8, 4) is 0 Å². The molecule has 32 heavy (non-hydrogen) atoms. The third kappa shape index (κ3) is 4.75. The Morgan fingerprint density at radius 1 is 1.16 bits per heavy atom. The number of hydrogen-bond donors (Lipinski definition) is 2. The Hall–Kier alpha value is -2.59. The van der Waals surface area contributed by atoms with Crippen molar-refractivity contribution in [1.29, 1.82) is 0 Å². The molecule has 3 heterocycles. The second-order valence-corrected chi connectivity index (χ2v) is 8.70. The molecular formula is C22H25ClN4O5. The molecule has 0 spiro atoms. The van der Waals surface area contributed by atoms with Gasteiger partial charge in [-0.05, 0) is 38.5 Å². The molecule has 0 radical (unpaired) electrons. The summed E-state index contributed by atoms with van der Waals surface area (Å²) in [4.78, 5) is 24.9. The van der Waals surface area contributed by atoms with Crippen LogP contribution in [0.3, 0.4) is 0 Å². The Morgan fingerprint density at radius 2 is 1.97 bits per heavy atom. The van der Waals surface area contributed by atoms with Gasteiger partial charge in [0, 0.05) is 6.54 Å². The molecule has 2 saturated heterocycles. The smallest absolute Gasteiger partial charge is 0.252 e. The van der Waals surface area contributed by atoms with Crippen molar-refractivity contribution in [3.63, 3.8) is 0 Å². The fourth-order valence-corrected chi connectivity index (χ4v) is 4.32. The van der Waals surface area contributed by atoms with Crippen molar-refractivity contribution in [1.82, 2.24) is 20.8 Å². The van der Waals surface area contributed by atoms with Gasteiger partial charge >= 0.3 is 0 Å². The van der Waals surface area contributed by atoms with Crippen LogP contribution in [0.4, 0.5) is 0 Å². The normalized spacial score (nSPS) is 25.8. The largest absolute Gasteiger partial charge is 0.372 e. The zero-order valence-electron chi connectivity index (χ0n) is 17.8. The van der Waals surface area contributed by atoms with Gasteiger partial charge in [0.2, 0.25) is 0 Å². The number of hydrogen-bond acceptors (Lipinski definition) is 7. The lowest BCUT2D eigenvalue weighted by atomic mass is 9.95. The van der Waals surface area contributed by atoms with Crippen molar-refractivity contribution >= 4 is 23.4 Å². The molecule has 1 aromatic heterocycles. The third-order valence-corrected chi connectivity index (χ3v) is 5.81. The average molecular weight is 461 g/mol. The summed E-state index contributed by atoms with van der Waals surface area (Å²) in [5, 5.41) is 13.5. The number of aromatic nitrogens is 2. The van der Waals surface area contributed by atoms with Gasteiger partial charge in [0.15, 0.2) is 5.79 Å². The number of nitrogens with zero attached hydrogens (tertiary/aromatic N) is 2. The number of ether oxygens (including phenoxy) is 3. The van der Waals surface area contributed by atoms with Crippen molar-refractivity contribution in [2.24, 2.45) is 0 Å². The van der Waals surface area contributed by atoms with Crippen molar-refractivity contribution in [3.05, 3.63) is 58.9 Å². The second kappa shape index (κ2) is 9.11. The molecule has 0 bridgehead atoms.